The number of primary amides is 1. The number of piperidine rings is 1. The van der Waals surface area contributed by atoms with Crippen molar-refractivity contribution in [3.63, 3.8) is 0 Å². The van der Waals surface area contributed by atoms with Crippen molar-refractivity contribution in [2.75, 3.05) is 24.5 Å². The SMILES string of the molecule is CCNC(=NCc1cccnc1N1CCC(C(N)=O)CC1)NCc1ccc(C)s1. The summed E-state index contributed by atoms with van der Waals surface area (Å²) in [6.45, 7) is 7.85. The number of aliphatic imine (C=N–C) groups is 1. The number of nitrogens with zero attached hydrogens (tertiary/aromatic N) is 3. The Hall–Kier alpha value is -2.61. The summed E-state index contributed by atoms with van der Waals surface area (Å²) in [7, 11) is 0. The van der Waals surface area contributed by atoms with Crippen LogP contribution in [0.5, 0.6) is 0 Å². The number of carbonyl (C=O) groups is 1. The maximum Gasteiger partial charge on any atom is 0.220 e. The molecule has 29 heavy (non-hydrogen) atoms. The first-order valence-electron chi connectivity index (χ1n) is 10.1. The lowest BCUT2D eigenvalue weighted by atomic mass is 9.96. The number of hydrogen-bond donors (Lipinski definition) is 3. The largest absolute Gasteiger partial charge is 0.369 e. The lowest BCUT2D eigenvalue weighted by Crippen LogP contribution is -2.39. The fraction of sp³-hybridized carbons (Fsp3) is 0.476. The molecule has 3 heterocycles. The number of carbonyl (C=O) groups excluding carboxylic acids is 1. The van der Waals surface area contributed by atoms with E-state index in [0.717, 1.165) is 56.4 Å². The molecule has 1 saturated heterocycles. The predicted octanol–water partition coefficient (Wildman–Crippen LogP) is 2.41. The highest BCUT2D eigenvalue weighted by atomic mass is 32.1. The van der Waals surface area contributed by atoms with E-state index in [-0.39, 0.29) is 11.8 Å². The second-order valence-corrected chi connectivity index (χ2v) is 8.58. The van der Waals surface area contributed by atoms with Gasteiger partial charge in [-0.2, -0.15) is 0 Å². The van der Waals surface area contributed by atoms with Gasteiger partial charge in [0.2, 0.25) is 5.91 Å². The molecular weight excluding hydrogens is 384 g/mol. The zero-order valence-corrected chi connectivity index (χ0v) is 18.0. The van der Waals surface area contributed by atoms with Crippen LogP contribution < -0.4 is 21.3 Å². The molecule has 1 aliphatic heterocycles. The summed E-state index contributed by atoms with van der Waals surface area (Å²) >= 11 is 1.79. The molecule has 1 fully saturated rings. The molecule has 0 atom stereocenters. The van der Waals surface area contributed by atoms with Crippen LogP contribution in [0.4, 0.5) is 5.82 Å². The molecule has 1 amide bonds. The number of thiophene rings is 1. The van der Waals surface area contributed by atoms with Gasteiger partial charge in [0, 0.05) is 47.1 Å². The van der Waals surface area contributed by atoms with Crippen LogP contribution >= 0.6 is 11.3 Å². The Morgan fingerprint density at radius 1 is 1.31 bits per heavy atom. The number of aryl methyl sites for hydroxylation is 1. The van der Waals surface area contributed by atoms with Crippen molar-refractivity contribution in [2.24, 2.45) is 16.6 Å². The fourth-order valence-corrected chi connectivity index (χ4v) is 4.30. The summed E-state index contributed by atoms with van der Waals surface area (Å²) in [5.41, 5.74) is 6.54. The summed E-state index contributed by atoms with van der Waals surface area (Å²) in [6.07, 6.45) is 3.36. The Bertz CT molecular complexity index is 841. The van der Waals surface area contributed by atoms with Crippen LogP contribution in [-0.2, 0) is 17.9 Å². The molecule has 0 radical (unpaired) electrons. The molecule has 0 bridgehead atoms. The standard InChI is InChI=1S/C21H30N6OS/c1-3-23-21(26-14-18-7-6-15(2)29-18)25-13-17-5-4-10-24-20(17)27-11-8-16(9-12-27)19(22)28/h4-7,10,16H,3,8-9,11-14H2,1-2H3,(H2,22,28)(H2,23,25,26). The maximum atomic E-state index is 11.4. The van der Waals surface area contributed by atoms with Gasteiger partial charge in [0.15, 0.2) is 5.96 Å². The van der Waals surface area contributed by atoms with Crippen molar-refractivity contribution in [3.8, 4) is 0 Å². The second-order valence-electron chi connectivity index (χ2n) is 7.21. The molecule has 8 heteroatoms. The van der Waals surface area contributed by atoms with E-state index in [2.05, 4.69) is 52.6 Å². The van der Waals surface area contributed by atoms with E-state index in [1.807, 2.05) is 12.3 Å². The van der Waals surface area contributed by atoms with E-state index in [9.17, 15) is 4.79 Å². The Labute approximate surface area is 176 Å². The minimum atomic E-state index is -0.196. The van der Waals surface area contributed by atoms with Crippen LogP contribution in [0.15, 0.2) is 35.5 Å². The first-order chi connectivity index (χ1) is 14.1. The molecule has 0 aromatic carbocycles. The van der Waals surface area contributed by atoms with Crippen LogP contribution in [0.3, 0.4) is 0 Å². The molecule has 0 aliphatic carbocycles. The molecule has 7 nitrogen and oxygen atoms in total. The molecule has 0 spiro atoms. The number of aromatic nitrogens is 1. The van der Waals surface area contributed by atoms with Gasteiger partial charge in [0.25, 0.3) is 0 Å². The first-order valence-corrected chi connectivity index (χ1v) is 10.9. The quantitative estimate of drug-likeness (QED) is 0.478. The van der Waals surface area contributed by atoms with E-state index < -0.39 is 0 Å². The number of amides is 1. The molecule has 156 valence electrons. The number of guanidine groups is 1. The Kier molecular flexibility index (Phi) is 7.46. The number of nitrogens with one attached hydrogen (secondary N) is 2. The van der Waals surface area contributed by atoms with Gasteiger partial charge in [-0.1, -0.05) is 6.07 Å². The number of nitrogens with two attached hydrogens (primary N) is 1. The summed E-state index contributed by atoms with van der Waals surface area (Å²) < 4.78 is 0. The van der Waals surface area contributed by atoms with Gasteiger partial charge in [-0.05, 0) is 44.9 Å². The lowest BCUT2D eigenvalue weighted by molar-refractivity contribution is -0.122. The van der Waals surface area contributed by atoms with Crippen molar-refractivity contribution < 1.29 is 4.79 Å². The average molecular weight is 415 g/mol. The van der Waals surface area contributed by atoms with E-state index in [0.29, 0.717) is 6.54 Å². The number of pyridine rings is 1. The van der Waals surface area contributed by atoms with Gasteiger partial charge in [-0.25, -0.2) is 9.98 Å². The van der Waals surface area contributed by atoms with Gasteiger partial charge in [0.05, 0.1) is 13.1 Å². The van der Waals surface area contributed by atoms with Crippen molar-refractivity contribution in [1.29, 1.82) is 0 Å². The van der Waals surface area contributed by atoms with Crippen LogP contribution in [0.1, 0.15) is 35.1 Å². The van der Waals surface area contributed by atoms with Crippen LogP contribution in [-0.4, -0.2) is 36.5 Å². The van der Waals surface area contributed by atoms with Gasteiger partial charge in [0.1, 0.15) is 5.82 Å². The lowest BCUT2D eigenvalue weighted by Gasteiger charge is -2.32. The van der Waals surface area contributed by atoms with Crippen LogP contribution in [0.2, 0.25) is 0 Å². The molecule has 2 aromatic rings. The van der Waals surface area contributed by atoms with Gasteiger partial charge in [-0.15, -0.1) is 11.3 Å². The summed E-state index contributed by atoms with van der Waals surface area (Å²) in [4.78, 5) is 25.6. The number of hydrogen-bond acceptors (Lipinski definition) is 5. The third kappa shape index (κ3) is 5.93. The van der Waals surface area contributed by atoms with E-state index >= 15 is 0 Å². The van der Waals surface area contributed by atoms with E-state index in [4.69, 9.17) is 10.7 Å². The van der Waals surface area contributed by atoms with Gasteiger partial charge in [-0.3, -0.25) is 4.79 Å². The normalized spacial score (nSPS) is 15.4. The predicted molar refractivity (Wildman–Crippen MR) is 119 cm³/mol. The average Bonchev–Trinajstić information content (AvgIpc) is 3.15. The van der Waals surface area contributed by atoms with Crippen molar-refractivity contribution >= 4 is 29.0 Å². The molecule has 4 N–H and O–H groups in total. The van der Waals surface area contributed by atoms with Crippen molar-refractivity contribution in [2.45, 2.75) is 39.8 Å². The molecule has 3 rings (SSSR count). The first kappa shape index (κ1) is 21.1. The van der Waals surface area contributed by atoms with Crippen molar-refractivity contribution in [3.05, 3.63) is 45.8 Å². The number of anilines is 1. The topological polar surface area (TPSA) is 95.6 Å². The Balaban J connectivity index is 1.65. The highest BCUT2D eigenvalue weighted by molar-refractivity contribution is 7.11. The van der Waals surface area contributed by atoms with Crippen molar-refractivity contribution in [1.82, 2.24) is 15.6 Å². The summed E-state index contributed by atoms with van der Waals surface area (Å²) in [5, 5.41) is 6.71. The monoisotopic (exact) mass is 414 g/mol. The number of rotatable bonds is 7. The third-order valence-corrected chi connectivity index (χ3v) is 6.04. The fourth-order valence-electron chi connectivity index (χ4n) is 3.47. The van der Waals surface area contributed by atoms with Gasteiger partial charge >= 0.3 is 0 Å². The van der Waals surface area contributed by atoms with Gasteiger partial charge < -0.3 is 21.3 Å². The zero-order valence-electron chi connectivity index (χ0n) is 17.1. The van der Waals surface area contributed by atoms with E-state index in [1.54, 1.807) is 11.3 Å². The van der Waals surface area contributed by atoms with Crippen LogP contribution in [0, 0.1) is 12.8 Å². The molecule has 0 unspecified atom stereocenters. The molecule has 1 aliphatic rings. The minimum Gasteiger partial charge on any atom is -0.369 e. The molecule has 2 aromatic heterocycles. The maximum absolute atomic E-state index is 11.4. The summed E-state index contributed by atoms with van der Waals surface area (Å²) in [6, 6.07) is 8.29. The molecular formula is C21H30N6OS. The Morgan fingerprint density at radius 3 is 2.76 bits per heavy atom. The van der Waals surface area contributed by atoms with Crippen LogP contribution in [0.25, 0.3) is 0 Å². The third-order valence-electron chi connectivity index (χ3n) is 5.04. The van der Waals surface area contributed by atoms with E-state index in [1.165, 1.54) is 9.75 Å². The minimum absolute atomic E-state index is 0.0260. The highest BCUT2D eigenvalue weighted by Crippen LogP contribution is 2.25. The smallest absolute Gasteiger partial charge is 0.220 e. The molecule has 0 saturated carbocycles. The highest BCUT2D eigenvalue weighted by Gasteiger charge is 2.24. The zero-order chi connectivity index (χ0) is 20.6. The Morgan fingerprint density at radius 2 is 2.10 bits per heavy atom. The summed E-state index contributed by atoms with van der Waals surface area (Å²) in [5.74, 6) is 1.52. The second kappa shape index (κ2) is 10.2.